The molecule has 0 aliphatic carbocycles. The van der Waals surface area contributed by atoms with E-state index in [4.69, 9.17) is 9.05 Å². The predicted octanol–water partition coefficient (Wildman–Crippen LogP) is 4.43. The molecule has 0 bridgehead atoms. The molecular weight excluding hydrogens is 361 g/mol. The Labute approximate surface area is 158 Å². The minimum absolute atomic E-state index is 0.0118. The zero-order valence-electron chi connectivity index (χ0n) is 17.2. The molecule has 1 atom stereocenters. The van der Waals surface area contributed by atoms with E-state index in [0.29, 0.717) is 12.3 Å². The second kappa shape index (κ2) is 14.2. The van der Waals surface area contributed by atoms with Crippen LogP contribution in [0.5, 0.6) is 0 Å². The van der Waals surface area contributed by atoms with Crippen LogP contribution in [0.15, 0.2) is 0 Å². The van der Waals surface area contributed by atoms with Crippen LogP contribution in [0, 0.1) is 11.3 Å². The summed E-state index contributed by atoms with van der Waals surface area (Å²) < 4.78 is 21.2. The number of carbonyl (C=O) groups excluding carboxylic acids is 1. The van der Waals surface area contributed by atoms with Crippen molar-refractivity contribution in [2.75, 3.05) is 39.1 Å². The number of carbonyl (C=O) groups is 1. The fourth-order valence-corrected chi connectivity index (χ4v) is 2.61. The van der Waals surface area contributed by atoms with E-state index in [1.54, 1.807) is 0 Å². The van der Waals surface area contributed by atoms with Crippen LogP contribution in [-0.4, -0.2) is 54.0 Å². The van der Waals surface area contributed by atoms with Crippen LogP contribution in [0.4, 0.5) is 0 Å². The molecule has 0 aromatic rings. The van der Waals surface area contributed by atoms with Gasteiger partial charge < -0.3 is 9.79 Å². The van der Waals surface area contributed by atoms with E-state index in [0.717, 1.165) is 30.6 Å². The highest BCUT2D eigenvalue weighted by Crippen LogP contribution is 2.42. The molecule has 0 aliphatic rings. The van der Waals surface area contributed by atoms with E-state index in [-0.39, 0.29) is 23.7 Å². The molecule has 0 saturated carbocycles. The van der Waals surface area contributed by atoms with Crippen LogP contribution in [0.2, 0.25) is 0 Å². The van der Waals surface area contributed by atoms with Crippen molar-refractivity contribution >= 4 is 24.7 Å². The third-order valence-corrected chi connectivity index (χ3v) is 4.41. The van der Waals surface area contributed by atoms with Crippen LogP contribution in [0.25, 0.3) is 0 Å². The van der Waals surface area contributed by atoms with Crippen LogP contribution in [0.3, 0.4) is 0 Å². The van der Waals surface area contributed by atoms with Crippen molar-refractivity contribution in [2.45, 2.75) is 54.9 Å². The van der Waals surface area contributed by atoms with Crippen molar-refractivity contribution in [2.24, 2.45) is 11.3 Å². The maximum Gasteiger partial charge on any atom is 0.472 e. The second-order valence-corrected chi connectivity index (χ2v) is 10.5. The largest absolute Gasteiger partial charge is 0.472 e. The van der Waals surface area contributed by atoms with E-state index in [2.05, 4.69) is 46.4 Å². The smallest absolute Gasteiger partial charge is 0.304 e. The van der Waals surface area contributed by atoms with Crippen molar-refractivity contribution in [3.8, 4) is 0 Å². The Hall–Kier alpha value is 0.0900. The molecule has 8 heteroatoms. The first kappa shape index (κ1) is 27.3. The Morgan fingerprint density at radius 2 is 1.64 bits per heavy atom. The Morgan fingerprint density at radius 3 is 2.08 bits per heavy atom. The number of likely N-dealkylation sites (N-methyl/N-ethyl adjacent to an activating group) is 1. The van der Waals surface area contributed by atoms with Crippen molar-refractivity contribution in [1.82, 2.24) is 4.90 Å². The highest BCUT2D eigenvalue weighted by atomic mass is 32.2. The fraction of sp³-hybridized carbons (Fsp3) is 0.941. The molecule has 0 aliphatic heterocycles. The SMILES string of the molecule is CC(=O)SCCOP(=O)(O)OCCN(C)CCC(C)(C)C.CC(C)C. The van der Waals surface area contributed by atoms with Crippen LogP contribution in [0.1, 0.15) is 54.9 Å². The molecular formula is C17H38NO5PS. The molecule has 0 amide bonds. The lowest BCUT2D eigenvalue weighted by atomic mass is 9.92. The second-order valence-electron chi connectivity index (χ2n) is 7.82. The first-order chi connectivity index (χ1) is 11.2. The molecule has 0 aromatic heterocycles. The van der Waals surface area contributed by atoms with Crippen molar-refractivity contribution in [1.29, 1.82) is 0 Å². The van der Waals surface area contributed by atoms with Gasteiger partial charge in [-0.1, -0.05) is 53.3 Å². The van der Waals surface area contributed by atoms with E-state index in [1.807, 2.05) is 7.05 Å². The molecule has 0 spiro atoms. The summed E-state index contributed by atoms with van der Waals surface area (Å²) in [5.41, 5.74) is 0.263. The van der Waals surface area contributed by atoms with Gasteiger partial charge in [-0.05, 0) is 31.3 Å². The summed E-state index contributed by atoms with van der Waals surface area (Å²) in [6.07, 6.45) is 1.04. The van der Waals surface area contributed by atoms with Gasteiger partial charge in [-0.15, -0.1) is 0 Å². The fourth-order valence-electron chi connectivity index (χ4n) is 1.33. The third-order valence-electron chi connectivity index (χ3n) is 2.61. The molecule has 0 fully saturated rings. The molecule has 0 rings (SSSR count). The van der Waals surface area contributed by atoms with Gasteiger partial charge in [-0.2, -0.15) is 0 Å². The normalized spacial score (nSPS) is 14.2. The van der Waals surface area contributed by atoms with Gasteiger partial charge in [0.1, 0.15) is 0 Å². The molecule has 1 N–H and O–H groups in total. The van der Waals surface area contributed by atoms with Crippen molar-refractivity contribution in [3.63, 3.8) is 0 Å². The van der Waals surface area contributed by atoms with Crippen LogP contribution < -0.4 is 0 Å². The molecule has 6 nitrogen and oxygen atoms in total. The van der Waals surface area contributed by atoms with Gasteiger partial charge in [0.05, 0.1) is 13.2 Å². The average molecular weight is 400 g/mol. The van der Waals surface area contributed by atoms with Crippen LogP contribution >= 0.6 is 19.6 Å². The van der Waals surface area contributed by atoms with Crippen molar-refractivity contribution < 1.29 is 23.3 Å². The van der Waals surface area contributed by atoms with E-state index < -0.39 is 7.82 Å². The minimum Gasteiger partial charge on any atom is -0.304 e. The topological polar surface area (TPSA) is 76.1 Å². The summed E-state index contributed by atoms with van der Waals surface area (Å²) in [6.45, 7) is 16.1. The number of rotatable bonds is 10. The summed E-state index contributed by atoms with van der Waals surface area (Å²) in [4.78, 5) is 22.2. The highest BCUT2D eigenvalue weighted by Gasteiger charge is 2.21. The molecule has 0 aromatic carbocycles. The standard InChI is InChI=1S/C13H28NO5PS.C4H10/c1-12(15)21-11-10-19-20(16,17)18-9-8-14(5)7-6-13(2,3)4;1-4(2)3/h6-11H2,1-5H3,(H,16,17);4H,1-3H3. The van der Waals surface area contributed by atoms with Gasteiger partial charge in [0, 0.05) is 19.2 Å². The van der Waals surface area contributed by atoms with E-state index in [9.17, 15) is 14.3 Å². The number of thioether (sulfide) groups is 1. The number of hydrogen-bond acceptors (Lipinski definition) is 6. The number of phosphoric ester groups is 1. The number of phosphoric acid groups is 1. The summed E-state index contributed by atoms with van der Waals surface area (Å²) in [6, 6.07) is 0. The first-order valence-electron chi connectivity index (χ1n) is 8.69. The molecule has 25 heavy (non-hydrogen) atoms. The lowest BCUT2D eigenvalue weighted by molar-refractivity contribution is -0.109. The van der Waals surface area contributed by atoms with Gasteiger partial charge in [0.25, 0.3) is 0 Å². The van der Waals surface area contributed by atoms with Gasteiger partial charge in [-0.3, -0.25) is 13.8 Å². The summed E-state index contributed by atoms with van der Waals surface area (Å²) in [5.74, 6) is 1.18. The molecule has 0 saturated heterocycles. The van der Waals surface area contributed by atoms with Crippen LogP contribution in [-0.2, 0) is 18.4 Å². The predicted molar refractivity (Wildman–Crippen MR) is 107 cm³/mol. The zero-order valence-corrected chi connectivity index (χ0v) is 18.9. The minimum atomic E-state index is -4.01. The summed E-state index contributed by atoms with van der Waals surface area (Å²) in [5, 5.41) is -0.0484. The summed E-state index contributed by atoms with van der Waals surface area (Å²) >= 11 is 1.05. The van der Waals surface area contributed by atoms with Gasteiger partial charge in [0.15, 0.2) is 5.12 Å². The highest BCUT2D eigenvalue weighted by molar-refractivity contribution is 8.13. The molecule has 0 radical (unpaired) electrons. The first-order valence-corrected chi connectivity index (χ1v) is 11.2. The maximum atomic E-state index is 11.6. The van der Waals surface area contributed by atoms with E-state index >= 15 is 0 Å². The molecule has 1 unspecified atom stereocenters. The number of nitrogens with zero attached hydrogens (tertiary/aromatic N) is 1. The molecule has 0 heterocycles. The quantitative estimate of drug-likeness (QED) is 0.430. The third kappa shape index (κ3) is 26.4. The Morgan fingerprint density at radius 1 is 1.16 bits per heavy atom. The van der Waals surface area contributed by atoms with Crippen molar-refractivity contribution in [3.05, 3.63) is 0 Å². The lowest BCUT2D eigenvalue weighted by Gasteiger charge is -2.23. The Kier molecular flexibility index (Phi) is 15.5. The Balaban J connectivity index is 0. The van der Waals surface area contributed by atoms with Gasteiger partial charge in [0.2, 0.25) is 0 Å². The zero-order chi connectivity index (χ0) is 20.1. The monoisotopic (exact) mass is 399 g/mol. The van der Waals surface area contributed by atoms with E-state index in [1.165, 1.54) is 6.92 Å². The van der Waals surface area contributed by atoms with Gasteiger partial charge in [-0.25, -0.2) is 4.57 Å². The number of hydrogen-bond donors (Lipinski definition) is 1. The average Bonchev–Trinajstić information content (AvgIpc) is 2.40. The van der Waals surface area contributed by atoms with Gasteiger partial charge >= 0.3 is 7.82 Å². The Bertz CT molecular complexity index is 396. The lowest BCUT2D eigenvalue weighted by Crippen LogP contribution is -2.27. The molecule has 152 valence electrons. The summed E-state index contributed by atoms with van der Waals surface area (Å²) in [7, 11) is -2.07. The maximum absolute atomic E-state index is 11.6.